The highest BCUT2D eigenvalue weighted by Gasteiger charge is 2.38. The van der Waals surface area contributed by atoms with Gasteiger partial charge in [-0.05, 0) is 12.8 Å². The van der Waals surface area contributed by atoms with Crippen LogP contribution in [-0.2, 0) is 17.1 Å². The molecule has 17 heavy (non-hydrogen) atoms. The summed E-state index contributed by atoms with van der Waals surface area (Å²) < 4.78 is 27.5. The summed E-state index contributed by atoms with van der Waals surface area (Å²) in [6, 6.07) is 2.03. The second-order valence-corrected chi connectivity index (χ2v) is 5.97. The van der Waals surface area contributed by atoms with Gasteiger partial charge in [-0.1, -0.05) is 0 Å². The van der Waals surface area contributed by atoms with Crippen LogP contribution in [0.5, 0.6) is 0 Å². The molecule has 1 aliphatic carbocycles. The molecule has 0 radical (unpaired) electrons. The highest BCUT2D eigenvalue weighted by Crippen LogP contribution is 2.31. The zero-order valence-corrected chi connectivity index (χ0v) is 10.4. The number of aromatic nitrogens is 2. The van der Waals surface area contributed by atoms with Gasteiger partial charge in [-0.3, -0.25) is 0 Å². The quantitative estimate of drug-likeness (QED) is 0.766. The van der Waals surface area contributed by atoms with Crippen molar-refractivity contribution in [3.05, 3.63) is 12.5 Å². The van der Waals surface area contributed by atoms with Crippen molar-refractivity contribution in [2.45, 2.75) is 30.3 Å². The summed E-state index contributed by atoms with van der Waals surface area (Å²) in [6.45, 7) is 0.250. The van der Waals surface area contributed by atoms with Crippen molar-refractivity contribution in [3.8, 4) is 6.07 Å². The second kappa shape index (κ2) is 4.47. The molecule has 7 heteroatoms. The lowest BCUT2D eigenvalue weighted by Crippen LogP contribution is -2.34. The number of hydrogen-bond acceptors (Lipinski definition) is 4. The summed E-state index contributed by atoms with van der Waals surface area (Å²) in [4.78, 5) is 3.88. The van der Waals surface area contributed by atoms with E-state index < -0.39 is 10.0 Å². The minimum Gasteiger partial charge on any atom is -0.339 e. The largest absolute Gasteiger partial charge is 0.339 e. The number of aryl methyl sites for hydroxylation is 1. The molecule has 0 spiro atoms. The van der Waals surface area contributed by atoms with Crippen LogP contribution in [0.3, 0.4) is 0 Å². The third kappa shape index (κ3) is 2.48. The van der Waals surface area contributed by atoms with Crippen LogP contribution >= 0.6 is 0 Å². The summed E-state index contributed by atoms with van der Waals surface area (Å²) in [7, 11) is -1.81. The van der Waals surface area contributed by atoms with Crippen molar-refractivity contribution < 1.29 is 8.42 Å². The van der Waals surface area contributed by atoms with Gasteiger partial charge in [-0.15, -0.1) is 0 Å². The van der Waals surface area contributed by atoms with Crippen molar-refractivity contribution in [3.63, 3.8) is 0 Å². The lowest BCUT2D eigenvalue weighted by atomic mass is 10.4. The average molecular weight is 254 g/mol. The fourth-order valence-electron chi connectivity index (χ4n) is 1.66. The Bertz CT molecular complexity index is 539. The van der Waals surface area contributed by atoms with Gasteiger partial charge in [-0.2, -0.15) is 9.57 Å². The fourth-order valence-corrected chi connectivity index (χ4v) is 3.32. The van der Waals surface area contributed by atoms with E-state index in [0.29, 0.717) is 0 Å². The number of sulfonamides is 1. The van der Waals surface area contributed by atoms with Gasteiger partial charge in [0.05, 0.1) is 12.4 Å². The summed E-state index contributed by atoms with van der Waals surface area (Å²) in [5, 5.41) is 8.63. The average Bonchev–Trinajstić information content (AvgIpc) is 3.00. The Labute approximate surface area is 101 Å². The molecule has 0 unspecified atom stereocenters. The van der Waals surface area contributed by atoms with E-state index >= 15 is 0 Å². The third-order valence-electron chi connectivity index (χ3n) is 2.65. The predicted molar refractivity (Wildman–Crippen MR) is 60.4 cm³/mol. The van der Waals surface area contributed by atoms with Crippen molar-refractivity contribution in [1.29, 1.82) is 5.26 Å². The Morgan fingerprint density at radius 3 is 2.82 bits per heavy atom. The van der Waals surface area contributed by atoms with E-state index in [4.69, 9.17) is 5.26 Å². The minimum absolute atomic E-state index is 0.0513. The summed E-state index contributed by atoms with van der Waals surface area (Å²) >= 11 is 0. The molecule has 0 saturated heterocycles. The van der Waals surface area contributed by atoms with Crippen molar-refractivity contribution in [2.24, 2.45) is 7.05 Å². The maximum Gasteiger partial charge on any atom is 0.262 e. The molecule has 1 aromatic rings. The van der Waals surface area contributed by atoms with E-state index in [0.717, 1.165) is 12.8 Å². The van der Waals surface area contributed by atoms with Crippen LogP contribution in [-0.4, -0.2) is 34.9 Å². The second-order valence-electron chi connectivity index (χ2n) is 4.13. The first-order valence-electron chi connectivity index (χ1n) is 5.42. The van der Waals surface area contributed by atoms with Gasteiger partial charge in [0.25, 0.3) is 10.0 Å². The summed E-state index contributed by atoms with van der Waals surface area (Å²) in [5.41, 5.74) is 0. The third-order valence-corrected chi connectivity index (χ3v) is 4.49. The Balaban J connectivity index is 2.25. The van der Waals surface area contributed by atoms with Gasteiger partial charge in [0.2, 0.25) is 0 Å². The maximum atomic E-state index is 12.3. The van der Waals surface area contributed by atoms with Gasteiger partial charge in [0.15, 0.2) is 5.03 Å². The zero-order chi connectivity index (χ0) is 12.5. The van der Waals surface area contributed by atoms with Crippen LogP contribution < -0.4 is 0 Å². The number of nitrogens with zero attached hydrogens (tertiary/aromatic N) is 4. The highest BCUT2D eigenvalue weighted by molar-refractivity contribution is 7.89. The van der Waals surface area contributed by atoms with Crippen LogP contribution in [0.25, 0.3) is 0 Å². The molecular formula is C10H14N4O2S. The number of rotatable bonds is 5. The standard InChI is InChI=1S/C10H14N4O2S/c1-13-7-10(12-8-13)17(15,16)14(6-2-5-11)9-3-4-9/h7-9H,2-4,6H2,1H3. The van der Waals surface area contributed by atoms with Crippen LogP contribution in [0.1, 0.15) is 19.3 Å². The van der Waals surface area contributed by atoms with E-state index in [1.54, 1.807) is 11.6 Å². The molecule has 2 rings (SSSR count). The summed E-state index contributed by atoms with van der Waals surface area (Å²) in [5.74, 6) is 0. The fraction of sp³-hybridized carbons (Fsp3) is 0.600. The van der Waals surface area contributed by atoms with Crippen LogP contribution in [0.15, 0.2) is 17.6 Å². The Morgan fingerprint density at radius 1 is 1.65 bits per heavy atom. The van der Waals surface area contributed by atoms with Gasteiger partial charge >= 0.3 is 0 Å². The van der Waals surface area contributed by atoms with Crippen LogP contribution in [0, 0.1) is 11.3 Å². The van der Waals surface area contributed by atoms with Gasteiger partial charge in [0, 0.05) is 32.3 Å². The topological polar surface area (TPSA) is 79.0 Å². The first-order valence-corrected chi connectivity index (χ1v) is 6.86. The van der Waals surface area contributed by atoms with Crippen molar-refractivity contribution >= 4 is 10.0 Å². The number of nitriles is 1. The first kappa shape index (κ1) is 12.1. The van der Waals surface area contributed by atoms with E-state index in [1.807, 2.05) is 6.07 Å². The molecule has 1 saturated carbocycles. The summed E-state index contributed by atoms with van der Waals surface area (Å²) in [6.07, 6.45) is 4.90. The molecule has 0 atom stereocenters. The Morgan fingerprint density at radius 2 is 2.35 bits per heavy atom. The molecule has 0 aliphatic heterocycles. The molecule has 1 aliphatic rings. The van der Waals surface area contributed by atoms with Crippen LogP contribution in [0.4, 0.5) is 0 Å². The van der Waals surface area contributed by atoms with E-state index in [1.165, 1.54) is 16.8 Å². The van der Waals surface area contributed by atoms with Crippen molar-refractivity contribution in [2.75, 3.05) is 6.54 Å². The Hall–Kier alpha value is -1.39. The van der Waals surface area contributed by atoms with E-state index in [-0.39, 0.29) is 24.0 Å². The number of imidazole rings is 1. The van der Waals surface area contributed by atoms with E-state index in [9.17, 15) is 8.42 Å². The molecule has 0 bridgehead atoms. The molecule has 6 nitrogen and oxygen atoms in total. The first-order chi connectivity index (χ1) is 8.05. The van der Waals surface area contributed by atoms with Gasteiger partial charge in [-0.25, -0.2) is 13.4 Å². The minimum atomic E-state index is -3.54. The predicted octanol–water partition coefficient (Wildman–Crippen LogP) is 0.487. The molecule has 1 fully saturated rings. The lowest BCUT2D eigenvalue weighted by Gasteiger charge is -2.18. The van der Waals surface area contributed by atoms with Crippen molar-refractivity contribution in [1.82, 2.24) is 13.9 Å². The normalized spacial score (nSPS) is 16.1. The van der Waals surface area contributed by atoms with Gasteiger partial charge < -0.3 is 4.57 Å². The molecule has 1 aromatic heterocycles. The smallest absolute Gasteiger partial charge is 0.262 e. The highest BCUT2D eigenvalue weighted by atomic mass is 32.2. The molecular weight excluding hydrogens is 240 g/mol. The maximum absolute atomic E-state index is 12.3. The zero-order valence-electron chi connectivity index (χ0n) is 9.57. The monoisotopic (exact) mass is 254 g/mol. The molecule has 0 aromatic carbocycles. The molecule has 1 heterocycles. The molecule has 0 amide bonds. The van der Waals surface area contributed by atoms with E-state index in [2.05, 4.69) is 4.98 Å². The Kier molecular flexibility index (Phi) is 3.17. The number of hydrogen-bond donors (Lipinski definition) is 0. The van der Waals surface area contributed by atoms with Crippen LogP contribution in [0.2, 0.25) is 0 Å². The molecule has 0 N–H and O–H groups in total. The SMILES string of the molecule is Cn1cnc(S(=O)(=O)N(CCC#N)C2CC2)c1. The molecule has 92 valence electrons. The lowest BCUT2D eigenvalue weighted by molar-refractivity contribution is 0.409. The van der Waals surface area contributed by atoms with Gasteiger partial charge in [0.1, 0.15) is 0 Å².